The summed E-state index contributed by atoms with van der Waals surface area (Å²) in [5, 5.41) is 3.10. The van der Waals surface area contributed by atoms with Crippen LogP contribution in [-0.2, 0) is 16.0 Å². The van der Waals surface area contributed by atoms with Crippen LogP contribution < -0.4 is 9.47 Å². The highest BCUT2D eigenvalue weighted by Crippen LogP contribution is 2.43. The van der Waals surface area contributed by atoms with Crippen molar-refractivity contribution in [2.45, 2.75) is 52.9 Å². The molecule has 0 saturated heterocycles. The molecule has 3 aromatic rings. The number of ether oxygens (including phenoxy) is 2. The van der Waals surface area contributed by atoms with E-state index in [0.29, 0.717) is 11.5 Å². The number of fused-ring (bicyclic) bond motifs is 2. The van der Waals surface area contributed by atoms with Crippen molar-refractivity contribution in [3.8, 4) is 11.5 Å². The molecule has 0 atom stereocenters. The maximum Gasteiger partial charge on any atom is 0.310 e. The van der Waals surface area contributed by atoms with E-state index < -0.39 is 0 Å². The van der Waals surface area contributed by atoms with Crippen LogP contribution in [0.3, 0.4) is 0 Å². The van der Waals surface area contributed by atoms with Gasteiger partial charge in [0.05, 0.1) is 0 Å². The fraction of sp³-hybridized carbons (Fsp3) is 0.333. The van der Waals surface area contributed by atoms with Crippen molar-refractivity contribution in [3.05, 3.63) is 48.0 Å². The summed E-state index contributed by atoms with van der Waals surface area (Å²) >= 11 is 0. The molecule has 0 radical (unpaired) electrons. The van der Waals surface area contributed by atoms with E-state index in [4.69, 9.17) is 9.47 Å². The third-order valence-electron chi connectivity index (χ3n) is 4.82. The molecule has 0 aliphatic carbocycles. The van der Waals surface area contributed by atoms with Gasteiger partial charge in [-0.3, -0.25) is 9.59 Å². The lowest BCUT2D eigenvalue weighted by atomic mass is 9.97. The summed E-state index contributed by atoms with van der Waals surface area (Å²) in [5.41, 5.74) is 1.17. The number of aryl methyl sites for hydroxylation is 1. The molecule has 0 aromatic heterocycles. The van der Waals surface area contributed by atoms with Crippen molar-refractivity contribution in [2.75, 3.05) is 0 Å². The highest BCUT2D eigenvalue weighted by atomic mass is 16.5. The van der Waals surface area contributed by atoms with Crippen molar-refractivity contribution in [3.63, 3.8) is 0 Å². The number of hydrogen-bond acceptors (Lipinski definition) is 4. The van der Waals surface area contributed by atoms with E-state index in [1.165, 1.54) is 5.56 Å². The van der Waals surface area contributed by atoms with Crippen LogP contribution >= 0.6 is 0 Å². The van der Waals surface area contributed by atoms with Gasteiger partial charge in [-0.15, -0.1) is 0 Å². The van der Waals surface area contributed by atoms with Gasteiger partial charge in [0.2, 0.25) is 0 Å². The van der Waals surface area contributed by atoms with Crippen molar-refractivity contribution >= 4 is 33.5 Å². The summed E-state index contributed by atoms with van der Waals surface area (Å²) in [6, 6.07) is 13.6. The summed E-state index contributed by atoms with van der Waals surface area (Å²) in [7, 11) is 0. The van der Waals surface area contributed by atoms with Crippen molar-refractivity contribution in [1.29, 1.82) is 0 Å². The molecule has 0 spiro atoms. The maximum atomic E-state index is 12.1. The van der Waals surface area contributed by atoms with Crippen LogP contribution in [0.5, 0.6) is 11.5 Å². The number of benzene rings is 3. The Bertz CT molecular complexity index is 1020. The number of hydrogen-bond donors (Lipinski definition) is 0. The molecule has 4 heteroatoms. The number of carbonyl (C=O) groups is 2. The number of esters is 2. The molecule has 0 aliphatic rings. The van der Waals surface area contributed by atoms with Crippen molar-refractivity contribution in [2.24, 2.45) is 0 Å². The SMILES string of the molecule is CCCCc1ccc2c(OC(=O)CC)c3ccccc3c(OC(=O)CC)c2c1. The zero-order chi connectivity index (χ0) is 20.1. The van der Waals surface area contributed by atoms with Gasteiger partial charge in [-0.05, 0) is 24.5 Å². The monoisotopic (exact) mass is 378 g/mol. The normalized spacial score (nSPS) is 11.0. The molecule has 3 rings (SSSR count). The van der Waals surface area contributed by atoms with E-state index >= 15 is 0 Å². The Hall–Kier alpha value is -2.88. The molecular weight excluding hydrogens is 352 g/mol. The first-order chi connectivity index (χ1) is 13.6. The molecule has 0 aliphatic heterocycles. The van der Waals surface area contributed by atoms with Crippen LogP contribution in [-0.4, -0.2) is 11.9 Å². The fourth-order valence-corrected chi connectivity index (χ4v) is 3.27. The lowest BCUT2D eigenvalue weighted by Gasteiger charge is -2.17. The van der Waals surface area contributed by atoms with Crippen LogP contribution in [0.1, 0.15) is 52.0 Å². The fourth-order valence-electron chi connectivity index (χ4n) is 3.27. The minimum Gasteiger partial charge on any atom is -0.425 e. The van der Waals surface area contributed by atoms with E-state index in [9.17, 15) is 9.59 Å². The van der Waals surface area contributed by atoms with Gasteiger partial charge in [0.25, 0.3) is 0 Å². The second-order valence-corrected chi connectivity index (χ2v) is 6.84. The molecule has 0 saturated carbocycles. The Morgan fingerprint density at radius 1 is 0.750 bits per heavy atom. The second kappa shape index (κ2) is 8.87. The number of rotatable bonds is 7. The van der Waals surface area contributed by atoms with Gasteiger partial charge in [-0.2, -0.15) is 0 Å². The minimum absolute atomic E-state index is 0.288. The first-order valence-electron chi connectivity index (χ1n) is 9.97. The topological polar surface area (TPSA) is 52.6 Å². The van der Waals surface area contributed by atoms with Gasteiger partial charge in [0.15, 0.2) is 0 Å². The second-order valence-electron chi connectivity index (χ2n) is 6.84. The number of unbranched alkanes of at least 4 members (excludes halogenated alkanes) is 1. The van der Waals surface area contributed by atoms with Crippen molar-refractivity contribution < 1.29 is 19.1 Å². The zero-order valence-electron chi connectivity index (χ0n) is 16.7. The molecule has 0 unspecified atom stereocenters. The molecule has 4 nitrogen and oxygen atoms in total. The largest absolute Gasteiger partial charge is 0.425 e. The molecular formula is C24H26O4. The Kier molecular flexibility index (Phi) is 6.30. The molecule has 146 valence electrons. The summed E-state index contributed by atoms with van der Waals surface area (Å²) in [6.45, 7) is 5.70. The standard InChI is InChI=1S/C24H26O4/c1-4-7-10-16-13-14-19-20(15-16)24(28-22(26)6-3)18-12-9-8-11-17(18)23(19)27-21(25)5-2/h8-9,11-15H,4-7,10H2,1-3H3. The molecule has 28 heavy (non-hydrogen) atoms. The maximum absolute atomic E-state index is 12.1. The molecule has 0 amide bonds. The third kappa shape index (κ3) is 4.01. The molecule has 0 fully saturated rings. The lowest BCUT2D eigenvalue weighted by Crippen LogP contribution is -2.09. The smallest absolute Gasteiger partial charge is 0.310 e. The van der Waals surface area contributed by atoms with Gasteiger partial charge >= 0.3 is 11.9 Å². The molecule has 0 N–H and O–H groups in total. The van der Waals surface area contributed by atoms with E-state index in [-0.39, 0.29) is 24.8 Å². The average molecular weight is 378 g/mol. The summed E-state index contributed by atoms with van der Waals surface area (Å²) in [5.74, 6) is 0.478. The summed E-state index contributed by atoms with van der Waals surface area (Å²) in [4.78, 5) is 24.2. The summed E-state index contributed by atoms with van der Waals surface area (Å²) < 4.78 is 11.5. The van der Waals surface area contributed by atoms with E-state index in [0.717, 1.165) is 40.8 Å². The average Bonchev–Trinajstić information content (AvgIpc) is 2.73. The quantitative estimate of drug-likeness (QED) is 0.289. The first kappa shape index (κ1) is 19.9. The Labute approximate surface area is 165 Å². The Morgan fingerprint density at radius 3 is 1.82 bits per heavy atom. The molecule has 0 bridgehead atoms. The van der Waals surface area contributed by atoms with Crippen molar-refractivity contribution in [1.82, 2.24) is 0 Å². The Morgan fingerprint density at radius 2 is 1.29 bits per heavy atom. The summed E-state index contributed by atoms with van der Waals surface area (Å²) in [6.07, 6.45) is 3.72. The third-order valence-corrected chi connectivity index (χ3v) is 4.82. The molecule has 0 heterocycles. The highest BCUT2D eigenvalue weighted by molar-refractivity contribution is 6.12. The van der Waals surface area contributed by atoms with E-state index in [1.807, 2.05) is 30.3 Å². The van der Waals surface area contributed by atoms with Crippen LogP contribution in [0.2, 0.25) is 0 Å². The number of carbonyl (C=O) groups excluding carboxylic acids is 2. The van der Waals surface area contributed by atoms with Gasteiger partial charge in [-0.25, -0.2) is 0 Å². The van der Waals surface area contributed by atoms with Crippen LogP contribution in [0.15, 0.2) is 42.5 Å². The van der Waals surface area contributed by atoms with Crippen LogP contribution in [0, 0.1) is 0 Å². The van der Waals surface area contributed by atoms with Gasteiger partial charge in [0, 0.05) is 34.4 Å². The lowest BCUT2D eigenvalue weighted by molar-refractivity contribution is -0.134. The minimum atomic E-state index is -0.292. The first-order valence-corrected chi connectivity index (χ1v) is 9.97. The van der Waals surface area contributed by atoms with E-state index in [1.54, 1.807) is 13.8 Å². The van der Waals surface area contributed by atoms with Gasteiger partial charge in [-0.1, -0.05) is 63.6 Å². The predicted octanol–water partition coefficient (Wildman–Crippen LogP) is 5.97. The zero-order valence-corrected chi connectivity index (χ0v) is 16.7. The van der Waals surface area contributed by atoms with Gasteiger partial charge < -0.3 is 9.47 Å². The van der Waals surface area contributed by atoms with Gasteiger partial charge in [0.1, 0.15) is 11.5 Å². The Balaban J connectivity index is 2.32. The predicted molar refractivity (Wildman–Crippen MR) is 112 cm³/mol. The highest BCUT2D eigenvalue weighted by Gasteiger charge is 2.19. The molecule has 3 aromatic carbocycles. The van der Waals surface area contributed by atoms with Crippen LogP contribution in [0.25, 0.3) is 21.5 Å². The van der Waals surface area contributed by atoms with E-state index in [2.05, 4.69) is 19.1 Å². The van der Waals surface area contributed by atoms with Crippen LogP contribution in [0.4, 0.5) is 0 Å².